The van der Waals surface area contributed by atoms with Crippen LogP contribution in [0.5, 0.6) is 23.0 Å². The summed E-state index contributed by atoms with van der Waals surface area (Å²) in [6.45, 7) is -0.723. The van der Waals surface area contributed by atoms with Crippen molar-refractivity contribution in [3.63, 3.8) is 0 Å². The molecule has 17 heavy (non-hydrogen) atoms. The quantitative estimate of drug-likeness (QED) is 0.304. The van der Waals surface area contributed by atoms with E-state index in [0.29, 0.717) is 6.07 Å². The van der Waals surface area contributed by atoms with Crippen LogP contribution in [0, 0.1) is 0 Å². The maximum absolute atomic E-state index is 11.4. The van der Waals surface area contributed by atoms with E-state index in [1.54, 1.807) is 0 Å². The van der Waals surface area contributed by atoms with E-state index in [0.717, 1.165) is 0 Å². The number of carbonyl (C=O) groups is 2. The van der Waals surface area contributed by atoms with Crippen molar-refractivity contribution in [3.05, 3.63) is 11.6 Å². The molecule has 8 heteroatoms. The summed E-state index contributed by atoms with van der Waals surface area (Å²) in [6, 6.07) is 0.644. The van der Waals surface area contributed by atoms with Crippen molar-refractivity contribution in [2.45, 2.75) is 0 Å². The molecule has 8 nitrogen and oxygen atoms in total. The maximum atomic E-state index is 11.4. The fourth-order valence-corrected chi connectivity index (χ4v) is 1.10. The Morgan fingerprint density at radius 1 is 1.06 bits per heavy atom. The van der Waals surface area contributed by atoms with Gasteiger partial charge in [-0.15, -0.1) is 0 Å². The van der Waals surface area contributed by atoms with Crippen molar-refractivity contribution >= 4 is 11.9 Å². The van der Waals surface area contributed by atoms with Crippen LogP contribution in [0.4, 0.5) is 0 Å². The lowest BCUT2D eigenvalue weighted by Crippen LogP contribution is -2.29. The van der Waals surface area contributed by atoms with Gasteiger partial charge in [-0.3, -0.25) is 9.59 Å². The number of hydrogen-bond donors (Lipinski definition) is 6. The summed E-state index contributed by atoms with van der Waals surface area (Å²) in [5.74, 6) is -6.04. The first-order chi connectivity index (χ1) is 7.84. The van der Waals surface area contributed by atoms with Crippen molar-refractivity contribution in [2.75, 3.05) is 6.54 Å². The minimum Gasteiger partial charge on any atom is -0.507 e. The molecule has 0 saturated carbocycles. The van der Waals surface area contributed by atoms with E-state index in [2.05, 4.69) is 0 Å². The molecule has 0 atom stereocenters. The summed E-state index contributed by atoms with van der Waals surface area (Å²) >= 11 is 0. The van der Waals surface area contributed by atoms with Crippen LogP contribution in [0.2, 0.25) is 0 Å². The van der Waals surface area contributed by atoms with Gasteiger partial charge in [0.05, 0.1) is 0 Å². The summed E-state index contributed by atoms with van der Waals surface area (Å²) in [4.78, 5) is 21.6. The number of nitrogens with one attached hydrogen (secondary N) is 1. The predicted octanol–water partition coefficient (Wildman–Crippen LogP) is -0.677. The number of aliphatic carboxylic acids is 1. The Hall–Kier alpha value is -2.64. The molecule has 6 N–H and O–H groups in total. The molecule has 0 fully saturated rings. The number of phenolic OH excluding ortho intramolecular Hbond substituents is 4. The third-order valence-corrected chi connectivity index (χ3v) is 1.86. The third-order valence-electron chi connectivity index (χ3n) is 1.86. The summed E-state index contributed by atoms with van der Waals surface area (Å²) < 4.78 is 0. The molecule has 1 rings (SSSR count). The van der Waals surface area contributed by atoms with Crippen LogP contribution < -0.4 is 5.32 Å². The van der Waals surface area contributed by atoms with Gasteiger partial charge in [-0.25, -0.2) is 0 Å². The summed E-state index contributed by atoms with van der Waals surface area (Å²) in [6.07, 6.45) is 0. The van der Waals surface area contributed by atoms with Gasteiger partial charge in [0.2, 0.25) is 5.75 Å². The standard InChI is InChI=1S/C9H9NO7/c11-3-1-4(12)7(15)8(16)6(3)9(17)10-2-5(13)14/h1,11-12,15-16H,2H2,(H,10,17)(H,13,14). The highest BCUT2D eigenvalue weighted by Crippen LogP contribution is 2.42. The van der Waals surface area contributed by atoms with Crippen LogP contribution in [-0.2, 0) is 4.79 Å². The van der Waals surface area contributed by atoms with Gasteiger partial charge in [0.25, 0.3) is 5.91 Å². The second-order valence-corrected chi connectivity index (χ2v) is 3.06. The van der Waals surface area contributed by atoms with Crippen LogP contribution in [-0.4, -0.2) is 44.0 Å². The summed E-state index contributed by atoms with van der Waals surface area (Å²) in [5, 5.41) is 46.9. The minimum atomic E-state index is -1.32. The number of aromatic hydroxyl groups is 4. The number of carboxylic acids is 1. The molecule has 0 saturated heterocycles. The molecule has 0 bridgehead atoms. The fraction of sp³-hybridized carbons (Fsp3) is 0.111. The molecule has 0 aliphatic rings. The van der Waals surface area contributed by atoms with Crippen molar-refractivity contribution in [3.8, 4) is 23.0 Å². The Morgan fingerprint density at radius 2 is 1.65 bits per heavy atom. The van der Waals surface area contributed by atoms with Gasteiger partial charge in [0.1, 0.15) is 17.9 Å². The summed E-state index contributed by atoms with van der Waals surface area (Å²) in [7, 11) is 0. The number of rotatable bonds is 3. The molecule has 1 amide bonds. The zero-order valence-electron chi connectivity index (χ0n) is 8.34. The summed E-state index contributed by atoms with van der Waals surface area (Å²) in [5.41, 5.74) is -0.721. The van der Waals surface area contributed by atoms with E-state index in [9.17, 15) is 19.8 Å². The van der Waals surface area contributed by atoms with Crippen molar-refractivity contribution in [1.82, 2.24) is 5.32 Å². The topological polar surface area (TPSA) is 147 Å². The molecule has 0 aromatic heterocycles. The molecule has 1 aromatic rings. The highest BCUT2D eigenvalue weighted by molar-refractivity contribution is 6.01. The van der Waals surface area contributed by atoms with Crippen molar-refractivity contribution in [2.24, 2.45) is 0 Å². The largest absolute Gasteiger partial charge is 0.507 e. The van der Waals surface area contributed by atoms with Gasteiger partial charge in [0.15, 0.2) is 11.5 Å². The minimum absolute atomic E-state index is 0.644. The van der Waals surface area contributed by atoms with Crippen LogP contribution in [0.1, 0.15) is 10.4 Å². The number of hydrogen-bond acceptors (Lipinski definition) is 6. The molecule has 0 unspecified atom stereocenters. The van der Waals surface area contributed by atoms with Gasteiger partial charge >= 0.3 is 5.97 Å². The highest BCUT2D eigenvalue weighted by atomic mass is 16.4. The number of carboxylic acid groups (broad SMARTS) is 1. The molecular formula is C9H9NO7. The van der Waals surface area contributed by atoms with Gasteiger partial charge in [0, 0.05) is 6.07 Å². The lowest BCUT2D eigenvalue weighted by molar-refractivity contribution is -0.135. The second kappa shape index (κ2) is 4.47. The Morgan fingerprint density at radius 3 is 2.18 bits per heavy atom. The number of carbonyl (C=O) groups excluding carboxylic acids is 1. The van der Waals surface area contributed by atoms with E-state index in [1.807, 2.05) is 5.32 Å². The van der Waals surface area contributed by atoms with Crippen LogP contribution >= 0.6 is 0 Å². The first kappa shape index (κ1) is 12.4. The van der Waals surface area contributed by atoms with Gasteiger partial charge in [-0.2, -0.15) is 0 Å². The molecule has 0 spiro atoms. The molecule has 92 valence electrons. The van der Waals surface area contributed by atoms with Gasteiger partial charge in [-0.05, 0) is 0 Å². The Kier molecular flexibility index (Phi) is 3.27. The van der Waals surface area contributed by atoms with Gasteiger partial charge in [-0.1, -0.05) is 0 Å². The normalized spacial score (nSPS) is 9.88. The first-order valence-corrected chi connectivity index (χ1v) is 4.31. The second-order valence-electron chi connectivity index (χ2n) is 3.06. The van der Waals surface area contributed by atoms with E-state index in [1.165, 1.54) is 0 Å². The Labute approximate surface area is 94.4 Å². The fourth-order valence-electron chi connectivity index (χ4n) is 1.10. The smallest absolute Gasteiger partial charge is 0.322 e. The average molecular weight is 243 g/mol. The van der Waals surface area contributed by atoms with Crippen LogP contribution in [0.15, 0.2) is 6.07 Å². The molecule has 0 aliphatic heterocycles. The molecular weight excluding hydrogens is 234 g/mol. The van der Waals surface area contributed by atoms with Crippen LogP contribution in [0.25, 0.3) is 0 Å². The average Bonchev–Trinajstić information content (AvgIpc) is 2.23. The first-order valence-electron chi connectivity index (χ1n) is 4.31. The predicted molar refractivity (Wildman–Crippen MR) is 53.1 cm³/mol. The van der Waals surface area contributed by atoms with Crippen molar-refractivity contribution in [1.29, 1.82) is 0 Å². The maximum Gasteiger partial charge on any atom is 0.322 e. The van der Waals surface area contributed by atoms with Crippen LogP contribution in [0.3, 0.4) is 0 Å². The molecule has 0 aliphatic carbocycles. The monoisotopic (exact) mass is 243 g/mol. The molecule has 0 heterocycles. The highest BCUT2D eigenvalue weighted by Gasteiger charge is 2.22. The number of amides is 1. The zero-order valence-corrected chi connectivity index (χ0v) is 8.34. The van der Waals surface area contributed by atoms with E-state index in [-0.39, 0.29) is 0 Å². The van der Waals surface area contributed by atoms with E-state index < -0.39 is 47.0 Å². The Bertz CT molecular complexity index is 483. The SMILES string of the molecule is O=C(O)CNC(=O)c1c(O)cc(O)c(O)c1O. The molecule has 0 radical (unpaired) electrons. The number of phenols is 4. The van der Waals surface area contributed by atoms with Gasteiger partial charge < -0.3 is 30.8 Å². The van der Waals surface area contributed by atoms with Crippen molar-refractivity contribution < 1.29 is 35.1 Å². The lowest BCUT2D eigenvalue weighted by atomic mass is 10.1. The Balaban J connectivity index is 3.10. The number of benzene rings is 1. The lowest BCUT2D eigenvalue weighted by Gasteiger charge is -2.09. The third kappa shape index (κ3) is 2.48. The zero-order chi connectivity index (χ0) is 13.2. The van der Waals surface area contributed by atoms with E-state index >= 15 is 0 Å². The van der Waals surface area contributed by atoms with E-state index in [4.69, 9.17) is 15.3 Å². The molecule has 1 aromatic carbocycles.